The van der Waals surface area contributed by atoms with Crippen LogP contribution in [0.15, 0.2) is 27.6 Å². The van der Waals surface area contributed by atoms with Gasteiger partial charge in [0.15, 0.2) is 15.7 Å². The van der Waals surface area contributed by atoms with Gasteiger partial charge in [0.25, 0.3) is 0 Å². The minimum atomic E-state index is -3.74. The summed E-state index contributed by atoms with van der Waals surface area (Å²) in [6.45, 7) is 0. The highest BCUT2D eigenvalue weighted by atomic mass is 79.9. The second kappa shape index (κ2) is 5.29. The highest BCUT2D eigenvalue weighted by Gasteiger charge is 2.21. The highest BCUT2D eigenvalue weighted by Crippen LogP contribution is 2.22. The van der Waals surface area contributed by atoms with Crippen LogP contribution in [0.4, 0.5) is 0 Å². The van der Waals surface area contributed by atoms with Crippen LogP contribution < -0.4 is 0 Å². The Kier molecular flexibility index (Phi) is 3.86. The fourth-order valence-corrected chi connectivity index (χ4v) is 3.11. The molecule has 0 spiro atoms. The summed E-state index contributed by atoms with van der Waals surface area (Å²) < 4.78 is 24.7. The summed E-state index contributed by atoms with van der Waals surface area (Å²) in [7, 11) is -2.22. The van der Waals surface area contributed by atoms with E-state index in [0.29, 0.717) is 4.47 Å². The standard InChI is InChI=1S/C10H9BrN4O4S/c1-15-13-9(12-14-15)5-20(18,19)6-2-3-8(11)7(4-6)10(16)17/h2-4H,5H2,1H3,(H,16,17). The van der Waals surface area contributed by atoms with Gasteiger partial charge in [-0.15, -0.1) is 10.2 Å². The summed E-state index contributed by atoms with van der Waals surface area (Å²) in [5, 5.41) is 19.9. The molecule has 0 amide bonds. The van der Waals surface area contributed by atoms with Gasteiger partial charge in [0.2, 0.25) is 0 Å². The maximum atomic E-state index is 12.2. The molecule has 8 nitrogen and oxygen atoms in total. The molecule has 0 atom stereocenters. The average molecular weight is 361 g/mol. The number of sulfone groups is 1. The van der Waals surface area contributed by atoms with E-state index in [0.717, 1.165) is 10.9 Å². The number of benzene rings is 1. The molecule has 0 saturated heterocycles. The topological polar surface area (TPSA) is 115 Å². The van der Waals surface area contributed by atoms with Crippen molar-refractivity contribution in [1.29, 1.82) is 0 Å². The molecule has 1 aromatic heterocycles. The molecule has 1 aromatic carbocycles. The third kappa shape index (κ3) is 3.02. The van der Waals surface area contributed by atoms with Crippen LogP contribution in [0.2, 0.25) is 0 Å². The van der Waals surface area contributed by atoms with Gasteiger partial charge < -0.3 is 5.11 Å². The quantitative estimate of drug-likeness (QED) is 0.850. The summed E-state index contributed by atoms with van der Waals surface area (Å²) >= 11 is 3.05. The Balaban J connectivity index is 2.39. The number of hydrogen-bond donors (Lipinski definition) is 1. The zero-order valence-electron chi connectivity index (χ0n) is 10.2. The van der Waals surface area contributed by atoms with Crippen LogP contribution in [0, 0.1) is 0 Å². The van der Waals surface area contributed by atoms with E-state index in [9.17, 15) is 13.2 Å². The zero-order chi connectivity index (χ0) is 14.9. The molecule has 2 rings (SSSR count). The molecule has 1 N–H and O–H groups in total. The first-order valence-electron chi connectivity index (χ1n) is 5.28. The molecule has 1 heterocycles. The second-order valence-corrected chi connectivity index (χ2v) is 6.74. The van der Waals surface area contributed by atoms with E-state index in [4.69, 9.17) is 5.11 Å². The molecule has 10 heteroatoms. The van der Waals surface area contributed by atoms with Crippen LogP contribution in [0.1, 0.15) is 16.2 Å². The third-order valence-electron chi connectivity index (χ3n) is 2.40. The van der Waals surface area contributed by atoms with Gasteiger partial charge in [-0.05, 0) is 39.3 Å². The summed E-state index contributed by atoms with van der Waals surface area (Å²) in [4.78, 5) is 12.0. The smallest absolute Gasteiger partial charge is 0.336 e. The van der Waals surface area contributed by atoms with E-state index >= 15 is 0 Å². The van der Waals surface area contributed by atoms with E-state index in [2.05, 4.69) is 31.3 Å². The van der Waals surface area contributed by atoms with E-state index in [1.165, 1.54) is 19.2 Å². The maximum Gasteiger partial charge on any atom is 0.336 e. The van der Waals surface area contributed by atoms with Crippen LogP contribution in [0.3, 0.4) is 0 Å². The van der Waals surface area contributed by atoms with Gasteiger partial charge >= 0.3 is 5.97 Å². The van der Waals surface area contributed by atoms with Crippen LogP contribution in [0.25, 0.3) is 0 Å². The fourth-order valence-electron chi connectivity index (χ4n) is 1.50. The average Bonchev–Trinajstić information content (AvgIpc) is 2.73. The van der Waals surface area contributed by atoms with Crippen LogP contribution >= 0.6 is 15.9 Å². The molecule has 0 aliphatic carbocycles. The number of carbonyl (C=O) groups is 1. The second-order valence-electron chi connectivity index (χ2n) is 3.90. The predicted octanol–water partition coefficient (Wildman–Crippen LogP) is 0.645. The summed E-state index contributed by atoms with van der Waals surface area (Å²) in [5.41, 5.74) is -0.127. The first kappa shape index (κ1) is 14.6. The number of carboxylic acid groups (broad SMARTS) is 1. The summed E-state index contributed by atoms with van der Waals surface area (Å²) in [6, 6.07) is 3.79. The minimum Gasteiger partial charge on any atom is -0.478 e. The number of halogens is 1. The van der Waals surface area contributed by atoms with Gasteiger partial charge in [-0.3, -0.25) is 0 Å². The summed E-state index contributed by atoms with van der Waals surface area (Å²) in [6.07, 6.45) is 0. The van der Waals surface area contributed by atoms with Crippen LogP contribution in [-0.2, 0) is 22.6 Å². The summed E-state index contributed by atoms with van der Waals surface area (Å²) in [5.74, 6) is -1.61. The van der Waals surface area contributed by atoms with E-state index < -0.39 is 21.6 Å². The van der Waals surface area contributed by atoms with Gasteiger partial charge in [-0.1, -0.05) is 0 Å². The number of aryl methyl sites for hydroxylation is 1. The van der Waals surface area contributed by atoms with Crippen molar-refractivity contribution < 1.29 is 18.3 Å². The highest BCUT2D eigenvalue weighted by molar-refractivity contribution is 9.10. The van der Waals surface area contributed by atoms with E-state index in [-0.39, 0.29) is 16.3 Å². The van der Waals surface area contributed by atoms with Crippen molar-refractivity contribution >= 4 is 31.7 Å². The van der Waals surface area contributed by atoms with Gasteiger partial charge in [0.1, 0.15) is 5.75 Å². The Morgan fingerprint density at radius 2 is 2.15 bits per heavy atom. The molecular weight excluding hydrogens is 352 g/mol. The number of hydrogen-bond acceptors (Lipinski definition) is 6. The number of tetrazole rings is 1. The molecule has 0 saturated carbocycles. The monoisotopic (exact) mass is 360 g/mol. The molecule has 20 heavy (non-hydrogen) atoms. The Morgan fingerprint density at radius 1 is 1.45 bits per heavy atom. The maximum absolute atomic E-state index is 12.2. The van der Waals surface area contributed by atoms with E-state index in [1.807, 2.05) is 0 Å². The van der Waals surface area contributed by atoms with Crippen LogP contribution in [-0.4, -0.2) is 39.7 Å². The lowest BCUT2D eigenvalue weighted by atomic mass is 10.2. The molecule has 0 unspecified atom stereocenters. The van der Waals surface area contributed by atoms with Gasteiger partial charge in [-0.25, -0.2) is 13.2 Å². The predicted molar refractivity (Wildman–Crippen MR) is 70.8 cm³/mol. The Morgan fingerprint density at radius 3 is 2.70 bits per heavy atom. The SMILES string of the molecule is Cn1nnc(CS(=O)(=O)c2ccc(Br)c(C(=O)O)c2)n1. The fraction of sp³-hybridized carbons (Fsp3) is 0.200. The first-order chi connectivity index (χ1) is 9.29. The van der Waals surface area contributed by atoms with Crippen molar-refractivity contribution in [3.05, 3.63) is 34.1 Å². The number of rotatable bonds is 4. The minimum absolute atomic E-state index is 0.0484. The largest absolute Gasteiger partial charge is 0.478 e. The van der Waals surface area contributed by atoms with Gasteiger partial charge in [0.05, 0.1) is 17.5 Å². The lowest BCUT2D eigenvalue weighted by Gasteiger charge is -2.04. The lowest BCUT2D eigenvalue weighted by Crippen LogP contribution is -2.08. The molecule has 106 valence electrons. The van der Waals surface area contributed by atoms with Crippen molar-refractivity contribution in [3.8, 4) is 0 Å². The zero-order valence-corrected chi connectivity index (χ0v) is 12.6. The van der Waals surface area contributed by atoms with Gasteiger partial charge in [-0.2, -0.15) is 4.80 Å². The number of aromatic carboxylic acids is 1. The molecule has 0 bridgehead atoms. The molecular formula is C10H9BrN4O4S. The first-order valence-corrected chi connectivity index (χ1v) is 7.72. The molecule has 0 aliphatic heterocycles. The third-order valence-corrected chi connectivity index (χ3v) is 4.70. The van der Waals surface area contributed by atoms with Crippen molar-refractivity contribution in [1.82, 2.24) is 20.2 Å². The molecule has 2 aromatic rings. The lowest BCUT2D eigenvalue weighted by molar-refractivity contribution is 0.0695. The van der Waals surface area contributed by atoms with Crippen molar-refractivity contribution in [3.63, 3.8) is 0 Å². The molecule has 0 aliphatic rings. The number of aromatic nitrogens is 4. The normalized spacial score (nSPS) is 11.5. The van der Waals surface area contributed by atoms with Crippen molar-refractivity contribution in [2.45, 2.75) is 10.6 Å². The van der Waals surface area contributed by atoms with Crippen LogP contribution in [0.5, 0.6) is 0 Å². The molecule has 0 radical (unpaired) electrons. The van der Waals surface area contributed by atoms with E-state index in [1.54, 1.807) is 0 Å². The van der Waals surface area contributed by atoms with Gasteiger partial charge in [0, 0.05) is 4.47 Å². The Hall–Kier alpha value is -1.81. The number of carboxylic acids is 1. The van der Waals surface area contributed by atoms with Crippen molar-refractivity contribution in [2.24, 2.45) is 7.05 Å². The molecule has 0 fully saturated rings. The Bertz CT molecular complexity index is 771. The number of nitrogens with zero attached hydrogens (tertiary/aromatic N) is 4. The Labute approximate surface area is 122 Å². The van der Waals surface area contributed by atoms with Crippen molar-refractivity contribution in [2.75, 3.05) is 0 Å².